The fraction of sp³-hybridized carbons (Fsp3) is 0.263. The van der Waals surface area contributed by atoms with Crippen molar-refractivity contribution in [3.63, 3.8) is 0 Å². The highest BCUT2D eigenvalue weighted by Crippen LogP contribution is 2.28. The Hall–Kier alpha value is -2.82. The molecule has 0 spiro atoms. The molecule has 0 atom stereocenters. The predicted molar refractivity (Wildman–Crippen MR) is 92.9 cm³/mol. The van der Waals surface area contributed by atoms with Gasteiger partial charge in [-0.05, 0) is 49.2 Å². The van der Waals surface area contributed by atoms with E-state index in [-0.39, 0.29) is 18.3 Å². The van der Waals surface area contributed by atoms with E-state index in [0.717, 1.165) is 17.7 Å². The average Bonchev–Trinajstić information content (AvgIpc) is 2.59. The van der Waals surface area contributed by atoms with Crippen LogP contribution in [0.1, 0.15) is 29.8 Å². The minimum Gasteiger partial charge on any atom is -0.493 e. The number of nitrogens with one attached hydrogen (secondary N) is 1. The Kier molecular flexibility index (Phi) is 5.95. The summed E-state index contributed by atoms with van der Waals surface area (Å²) >= 11 is 0. The van der Waals surface area contributed by atoms with E-state index >= 15 is 0 Å². The molecule has 0 fully saturated rings. The number of methoxy groups -OCH3 is 1. The lowest BCUT2D eigenvalue weighted by atomic mass is 10.1. The Bertz CT molecular complexity index is 740. The lowest BCUT2D eigenvalue weighted by Crippen LogP contribution is -2.20. The molecule has 0 aliphatic heterocycles. The van der Waals surface area contributed by atoms with Crippen LogP contribution in [0.5, 0.6) is 11.5 Å². The van der Waals surface area contributed by atoms with Crippen LogP contribution in [0.2, 0.25) is 0 Å². The molecule has 1 amide bonds. The molecule has 0 bridgehead atoms. The van der Waals surface area contributed by atoms with Gasteiger partial charge in [0.15, 0.2) is 23.9 Å². The number of Topliss-reactive ketones (excluding diaryl/α,β-unsaturated/α-hetero) is 1. The highest BCUT2D eigenvalue weighted by atomic mass is 16.5. The topological polar surface area (TPSA) is 64.6 Å². The van der Waals surface area contributed by atoms with Gasteiger partial charge in [0.05, 0.1) is 7.11 Å². The maximum absolute atomic E-state index is 12.0. The van der Waals surface area contributed by atoms with E-state index in [9.17, 15) is 9.59 Å². The van der Waals surface area contributed by atoms with Crippen molar-refractivity contribution >= 4 is 17.4 Å². The van der Waals surface area contributed by atoms with Gasteiger partial charge in [-0.25, -0.2) is 0 Å². The Morgan fingerprint density at radius 2 is 1.88 bits per heavy atom. The van der Waals surface area contributed by atoms with E-state index in [2.05, 4.69) is 12.2 Å². The highest BCUT2D eigenvalue weighted by Gasteiger charge is 2.10. The zero-order valence-corrected chi connectivity index (χ0v) is 14.1. The van der Waals surface area contributed by atoms with Gasteiger partial charge < -0.3 is 14.8 Å². The van der Waals surface area contributed by atoms with Gasteiger partial charge in [0.1, 0.15) is 0 Å². The number of amides is 1. The van der Waals surface area contributed by atoms with Crippen molar-refractivity contribution in [3.05, 3.63) is 53.6 Å². The zero-order valence-electron chi connectivity index (χ0n) is 14.1. The number of aryl methyl sites for hydroxylation is 1. The Morgan fingerprint density at radius 1 is 1.08 bits per heavy atom. The van der Waals surface area contributed by atoms with E-state index in [1.165, 1.54) is 14.0 Å². The summed E-state index contributed by atoms with van der Waals surface area (Å²) in [5, 5.41) is 2.80. The molecule has 0 aromatic heterocycles. The summed E-state index contributed by atoms with van der Waals surface area (Å²) in [6.07, 6.45) is 0.903. The molecule has 5 heteroatoms. The summed E-state index contributed by atoms with van der Waals surface area (Å²) in [7, 11) is 1.49. The van der Waals surface area contributed by atoms with Crippen LogP contribution in [0.25, 0.3) is 0 Å². The molecule has 2 aromatic rings. The van der Waals surface area contributed by atoms with Crippen LogP contribution in [0.4, 0.5) is 5.69 Å². The van der Waals surface area contributed by atoms with Crippen LogP contribution in [0.15, 0.2) is 42.5 Å². The zero-order chi connectivity index (χ0) is 17.5. The third-order valence-corrected chi connectivity index (χ3v) is 3.55. The number of ketones is 1. The summed E-state index contributed by atoms with van der Waals surface area (Å²) < 4.78 is 10.7. The van der Waals surface area contributed by atoms with Crippen LogP contribution < -0.4 is 14.8 Å². The predicted octanol–water partition coefficient (Wildman–Crippen LogP) is 3.48. The van der Waals surface area contributed by atoms with Gasteiger partial charge in [-0.3, -0.25) is 9.59 Å². The van der Waals surface area contributed by atoms with Crippen molar-refractivity contribution in [2.45, 2.75) is 20.3 Å². The van der Waals surface area contributed by atoms with Gasteiger partial charge in [0, 0.05) is 11.3 Å². The Labute approximate surface area is 141 Å². The molecule has 126 valence electrons. The fourth-order valence-corrected chi connectivity index (χ4v) is 2.22. The molecule has 0 unspecified atom stereocenters. The quantitative estimate of drug-likeness (QED) is 0.791. The number of carbonyl (C=O) groups is 2. The van der Waals surface area contributed by atoms with Gasteiger partial charge in [-0.15, -0.1) is 0 Å². The van der Waals surface area contributed by atoms with Crippen LogP contribution in [0, 0.1) is 0 Å². The van der Waals surface area contributed by atoms with Gasteiger partial charge in [0.2, 0.25) is 0 Å². The summed E-state index contributed by atoms with van der Waals surface area (Å²) in [5.41, 5.74) is 2.41. The number of hydrogen-bond donors (Lipinski definition) is 1. The van der Waals surface area contributed by atoms with Crippen LogP contribution >= 0.6 is 0 Å². The van der Waals surface area contributed by atoms with Crippen molar-refractivity contribution in [1.82, 2.24) is 0 Å². The molecule has 24 heavy (non-hydrogen) atoms. The Balaban J connectivity index is 1.99. The van der Waals surface area contributed by atoms with Crippen molar-refractivity contribution in [2.24, 2.45) is 0 Å². The summed E-state index contributed by atoms with van der Waals surface area (Å²) in [4.78, 5) is 23.4. The minimum atomic E-state index is -0.263. The van der Waals surface area contributed by atoms with Crippen molar-refractivity contribution in [2.75, 3.05) is 19.0 Å². The SMILES string of the molecule is CCc1cccc(NC(=O)COc2ccc(C(C)=O)cc2OC)c1. The second-order valence-corrected chi connectivity index (χ2v) is 5.31. The minimum absolute atomic E-state index is 0.0617. The molecule has 0 saturated carbocycles. The summed E-state index contributed by atoms with van der Waals surface area (Å²) in [6.45, 7) is 3.39. The van der Waals surface area contributed by atoms with Gasteiger partial charge in [-0.2, -0.15) is 0 Å². The second-order valence-electron chi connectivity index (χ2n) is 5.31. The van der Waals surface area contributed by atoms with Crippen LogP contribution in [-0.4, -0.2) is 25.4 Å². The first-order valence-corrected chi connectivity index (χ1v) is 7.74. The number of rotatable bonds is 7. The molecule has 1 N–H and O–H groups in total. The lowest BCUT2D eigenvalue weighted by Gasteiger charge is -2.12. The second kappa shape index (κ2) is 8.15. The maximum Gasteiger partial charge on any atom is 0.262 e. The van der Waals surface area contributed by atoms with Crippen LogP contribution in [0.3, 0.4) is 0 Å². The molecule has 0 radical (unpaired) electrons. The van der Waals surface area contributed by atoms with Gasteiger partial charge in [0.25, 0.3) is 5.91 Å². The first-order chi connectivity index (χ1) is 11.5. The van der Waals surface area contributed by atoms with Crippen LogP contribution in [-0.2, 0) is 11.2 Å². The molecule has 0 aliphatic rings. The molecular weight excluding hydrogens is 306 g/mol. The lowest BCUT2D eigenvalue weighted by molar-refractivity contribution is -0.118. The third kappa shape index (κ3) is 4.59. The van der Waals surface area contributed by atoms with Crippen molar-refractivity contribution in [1.29, 1.82) is 0 Å². The molecule has 0 aliphatic carbocycles. The average molecular weight is 327 g/mol. The number of carbonyl (C=O) groups excluding carboxylic acids is 2. The van der Waals surface area contributed by atoms with E-state index < -0.39 is 0 Å². The van der Waals surface area contributed by atoms with Gasteiger partial charge >= 0.3 is 0 Å². The fourth-order valence-electron chi connectivity index (χ4n) is 2.22. The number of hydrogen-bond acceptors (Lipinski definition) is 4. The first-order valence-electron chi connectivity index (χ1n) is 7.74. The van der Waals surface area contributed by atoms with E-state index in [4.69, 9.17) is 9.47 Å². The maximum atomic E-state index is 12.0. The molecule has 0 heterocycles. The molecule has 2 aromatic carbocycles. The normalized spacial score (nSPS) is 10.1. The van der Waals surface area contributed by atoms with E-state index in [0.29, 0.717) is 17.1 Å². The van der Waals surface area contributed by atoms with E-state index in [1.807, 2.05) is 24.3 Å². The standard InChI is InChI=1S/C19H21NO4/c1-4-14-6-5-7-16(10-14)20-19(22)12-24-17-9-8-15(13(2)21)11-18(17)23-3/h5-11H,4,12H2,1-3H3,(H,20,22). The highest BCUT2D eigenvalue weighted by molar-refractivity contribution is 5.95. The first kappa shape index (κ1) is 17.5. The van der Waals surface area contributed by atoms with Gasteiger partial charge in [-0.1, -0.05) is 19.1 Å². The Morgan fingerprint density at radius 3 is 2.54 bits per heavy atom. The molecular formula is C19H21NO4. The number of ether oxygens (including phenoxy) is 2. The van der Waals surface area contributed by atoms with E-state index in [1.54, 1.807) is 18.2 Å². The number of benzene rings is 2. The number of anilines is 1. The molecule has 2 rings (SSSR count). The monoisotopic (exact) mass is 327 g/mol. The summed E-state index contributed by atoms with van der Waals surface area (Å²) in [6, 6.07) is 12.5. The molecule has 0 saturated heterocycles. The van der Waals surface area contributed by atoms with Crippen molar-refractivity contribution in [3.8, 4) is 11.5 Å². The largest absolute Gasteiger partial charge is 0.493 e. The smallest absolute Gasteiger partial charge is 0.262 e. The van der Waals surface area contributed by atoms with Crippen molar-refractivity contribution < 1.29 is 19.1 Å². The summed E-state index contributed by atoms with van der Waals surface area (Å²) in [5.74, 6) is 0.512. The molecule has 5 nitrogen and oxygen atoms in total. The third-order valence-electron chi connectivity index (χ3n) is 3.55.